The predicted molar refractivity (Wildman–Crippen MR) is 102 cm³/mol. The lowest BCUT2D eigenvalue weighted by Crippen LogP contribution is -2.41. The Balaban J connectivity index is 2.21. The Kier molecular flexibility index (Phi) is 8.92. The molecule has 0 saturated carbocycles. The largest absolute Gasteiger partial charge is 0.444 e. The number of alkyl carbamates (subject to hydrolysis) is 1. The number of hydrogen-bond acceptors (Lipinski definition) is 4. The summed E-state index contributed by atoms with van der Waals surface area (Å²) in [5.74, 6) is 0. The van der Waals surface area contributed by atoms with Gasteiger partial charge in [-0.25, -0.2) is 9.59 Å². The van der Waals surface area contributed by atoms with Crippen LogP contribution >= 0.6 is 0 Å². The van der Waals surface area contributed by atoms with Crippen LogP contribution in [0.2, 0.25) is 0 Å². The highest BCUT2D eigenvalue weighted by molar-refractivity contribution is 5.89. The predicted octanol–water partition coefficient (Wildman–Crippen LogP) is 3.17. The van der Waals surface area contributed by atoms with Crippen molar-refractivity contribution in [2.24, 2.45) is 0 Å². The third kappa shape index (κ3) is 9.27. The van der Waals surface area contributed by atoms with Gasteiger partial charge in [0.25, 0.3) is 0 Å². The summed E-state index contributed by atoms with van der Waals surface area (Å²) < 4.78 is 5.17. The molecule has 1 rings (SSSR count). The van der Waals surface area contributed by atoms with Crippen LogP contribution in [0.5, 0.6) is 0 Å². The van der Waals surface area contributed by atoms with E-state index in [4.69, 9.17) is 4.74 Å². The first-order chi connectivity index (χ1) is 12.2. The smallest absolute Gasteiger partial charge is 0.407 e. The number of aliphatic hydroxyl groups excluding tert-OH is 1. The molecular formula is C19H31N3O4. The van der Waals surface area contributed by atoms with Gasteiger partial charge in [0.15, 0.2) is 0 Å². The summed E-state index contributed by atoms with van der Waals surface area (Å²) in [6, 6.07) is 6.97. The molecule has 7 nitrogen and oxygen atoms in total. The Hall–Kier alpha value is -2.28. The molecule has 0 spiro atoms. The summed E-state index contributed by atoms with van der Waals surface area (Å²) in [6.07, 6.45) is 1.57. The molecule has 7 heteroatoms. The number of urea groups is 1. The van der Waals surface area contributed by atoms with Gasteiger partial charge in [-0.2, -0.15) is 0 Å². The van der Waals surface area contributed by atoms with Gasteiger partial charge < -0.3 is 25.8 Å². The number of carbonyl (C=O) groups is 2. The van der Waals surface area contributed by atoms with Crippen molar-refractivity contribution in [2.75, 3.05) is 18.5 Å². The van der Waals surface area contributed by atoms with Crippen LogP contribution in [0.4, 0.5) is 15.3 Å². The number of ether oxygens (including phenoxy) is 1. The highest BCUT2D eigenvalue weighted by atomic mass is 16.6. The zero-order valence-corrected chi connectivity index (χ0v) is 16.1. The van der Waals surface area contributed by atoms with Crippen LogP contribution in [0.15, 0.2) is 24.3 Å². The van der Waals surface area contributed by atoms with Gasteiger partial charge in [-0.1, -0.05) is 18.2 Å². The molecule has 0 aliphatic rings. The Morgan fingerprint density at radius 1 is 1.19 bits per heavy atom. The fraction of sp³-hybridized carbons (Fsp3) is 0.579. The third-order valence-electron chi connectivity index (χ3n) is 3.60. The quantitative estimate of drug-likeness (QED) is 0.532. The molecule has 0 aliphatic heterocycles. The summed E-state index contributed by atoms with van der Waals surface area (Å²) >= 11 is 0. The Bertz CT molecular complexity index is 584. The SMILES string of the molecule is Cc1ccccc1NC(=O)NCCCC[C@@H](CO)NC(=O)OC(C)(C)C. The monoisotopic (exact) mass is 365 g/mol. The van der Waals surface area contributed by atoms with Gasteiger partial charge in [-0.15, -0.1) is 0 Å². The number of para-hydroxylation sites is 1. The molecule has 0 bridgehead atoms. The first-order valence-electron chi connectivity index (χ1n) is 8.92. The molecule has 0 heterocycles. The van der Waals surface area contributed by atoms with E-state index < -0.39 is 11.7 Å². The number of rotatable bonds is 8. The summed E-state index contributed by atoms with van der Waals surface area (Å²) in [5.41, 5.74) is 1.21. The molecule has 0 saturated heterocycles. The number of hydrogen-bond donors (Lipinski definition) is 4. The minimum Gasteiger partial charge on any atom is -0.444 e. The van der Waals surface area contributed by atoms with E-state index in [-0.39, 0.29) is 18.7 Å². The van der Waals surface area contributed by atoms with E-state index in [1.165, 1.54) is 0 Å². The third-order valence-corrected chi connectivity index (χ3v) is 3.60. The number of benzene rings is 1. The highest BCUT2D eigenvalue weighted by Crippen LogP contribution is 2.12. The van der Waals surface area contributed by atoms with E-state index in [1.54, 1.807) is 20.8 Å². The Morgan fingerprint density at radius 3 is 2.50 bits per heavy atom. The number of unbranched alkanes of at least 4 members (excludes halogenated alkanes) is 1. The standard InChI is InChI=1S/C19H31N3O4/c1-14-9-5-6-11-16(14)22-17(24)20-12-8-7-10-15(13-23)21-18(25)26-19(2,3)4/h5-6,9,11,15,23H,7-8,10,12-13H2,1-4H3,(H,21,25)(H2,20,22,24)/t15-/m0/s1. The molecule has 0 aliphatic carbocycles. The van der Waals surface area contributed by atoms with Gasteiger partial charge in [-0.3, -0.25) is 0 Å². The van der Waals surface area contributed by atoms with E-state index in [0.717, 1.165) is 24.1 Å². The maximum absolute atomic E-state index is 11.9. The van der Waals surface area contributed by atoms with Gasteiger partial charge in [0.05, 0.1) is 12.6 Å². The zero-order valence-electron chi connectivity index (χ0n) is 16.1. The van der Waals surface area contributed by atoms with E-state index >= 15 is 0 Å². The van der Waals surface area contributed by atoms with Gasteiger partial charge in [0.2, 0.25) is 0 Å². The molecule has 4 N–H and O–H groups in total. The van der Waals surface area contributed by atoms with Crippen LogP contribution in [0.1, 0.15) is 45.6 Å². The second-order valence-corrected chi connectivity index (χ2v) is 7.22. The Morgan fingerprint density at radius 2 is 1.88 bits per heavy atom. The summed E-state index contributed by atoms with van der Waals surface area (Å²) in [4.78, 5) is 23.6. The molecular weight excluding hydrogens is 334 g/mol. The lowest BCUT2D eigenvalue weighted by molar-refractivity contribution is 0.0478. The first-order valence-corrected chi connectivity index (χ1v) is 8.92. The second-order valence-electron chi connectivity index (χ2n) is 7.22. The number of aryl methyl sites for hydroxylation is 1. The molecule has 0 radical (unpaired) electrons. The van der Waals surface area contributed by atoms with Crippen LogP contribution in [0, 0.1) is 6.92 Å². The van der Waals surface area contributed by atoms with E-state index in [1.807, 2.05) is 31.2 Å². The minimum absolute atomic E-state index is 0.152. The van der Waals surface area contributed by atoms with E-state index in [9.17, 15) is 14.7 Å². The fourth-order valence-electron chi connectivity index (χ4n) is 2.28. The van der Waals surface area contributed by atoms with Crippen LogP contribution in [-0.2, 0) is 4.74 Å². The fourth-order valence-corrected chi connectivity index (χ4v) is 2.28. The molecule has 1 aromatic carbocycles. The topological polar surface area (TPSA) is 99.7 Å². The average molecular weight is 365 g/mol. The van der Waals surface area contributed by atoms with E-state index in [2.05, 4.69) is 16.0 Å². The minimum atomic E-state index is -0.571. The number of amides is 3. The van der Waals surface area contributed by atoms with Crippen molar-refractivity contribution in [3.05, 3.63) is 29.8 Å². The highest BCUT2D eigenvalue weighted by Gasteiger charge is 2.18. The molecule has 1 atom stereocenters. The normalized spacial score (nSPS) is 12.2. The van der Waals surface area contributed by atoms with Crippen LogP contribution < -0.4 is 16.0 Å². The van der Waals surface area contributed by atoms with Gasteiger partial charge >= 0.3 is 12.1 Å². The van der Waals surface area contributed by atoms with Gasteiger partial charge in [0.1, 0.15) is 5.60 Å². The van der Waals surface area contributed by atoms with Crippen LogP contribution in [0.25, 0.3) is 0 Å². The van der Waals surface area contributed by atoms with Crippen molar-refractivity contribution in [3.63, 3.8) is 0 Å². The average Bonchev–Trinajstić information content (AvgIpc) is 2.53. The van der Waals surface area contributed by atoms with Crippen molar-refractivity contribution in [1.82, 2.24) is 10.6 Å². The molecule has 3 amide bonds. The maximum atomic E-state index is 11.9. The molecule has 0 fully saturated rings. The molecule has 26 heavy (non-hydrogen) atoms. The lowest BCUT2D eigenvalue weighted by Gasteiger charge is -2.22. The van der Waals surface area contributed by atoms with Gasteiger partial charge in [0, 0.05) is 12.2 Å². The van der Waals surface area contributed by atoms with Crippen molar-refractivity contribution in [3.8, 4) is 0 Å². The van der Waals surface area contributed by atoms with Crippen molar-refractivity contribution >= 4 is 17.8 Å². The van der Waals surface area contributed by atoms with Crippen molar-refractivity contribution < 1.29 is 19.4 Å². The summed E-state index contributed by atoms with van der Waals surface area (Å²) in [6.45, 7) is 7.65. The number of nitrogens with one attached hydrogen (secondary N) is 3. The zero-order chi connectivity index (χ0) is 19.6. The second kappa shape index (κ2) is 10.7. The number of anilines is 1. The molecule has 0 unspecified atom stereocenters. The summed E-state index contributed by atoms with van der Waals surface area (Å²) in [5, 5.41) is 17.6. The van der Waals surface area contributed by atoms with Crippen LogP contribution in [0.3, 0.4) is 0 Å². The number of carbonyl (C=O) groups excluding carboxylic acids is 2. The molecule has 1 aromatic rings. The Labute approximate surface area is 155 Å². The summed E-state index contributed by atoms with van der Waals surface area (Å²) in [7, 11) is 0. The van der Waals surface area contributed by atoms with Crippen molar-refractivity contribution in [1.29, 1.82) is 0 Å². The number of aliphatic hydroxyl groups is 1. The van der Waals surface area contributed by atoms with E-state index in [0.29, 0.717) is 13.0 Å². The lowest BCUT2D eigenvalue weighted by atomic mass is 10.1. The molecule has 146 valence electrons. The van der Waals surface area contributed by atoms with Crippen molar-refractivity contribution in [2.45, 2.75) is 58.6 Å². The molecule has 0 aromatic heterocycles. The van der Waals surface area contributed by atoms with Gasteiger partial charge in [-0.05, 0) is 58.6 Å². The maximum Gasteiger partial charge on any atom is 0.407 e. The van der Waals surface area contributed by atoms with Crippen LogP contribution in [-0.4, -0.2) is 42.0 Å². The first kappa shape index (κ1) is 21.8.